The highest BCUT2D eigenvalue weighted by Crippen LogP contribution is 2.43. The summed E-state index contributed by atoms with van der Waals surface area (Å²) in [6, 6.07) is 0. The lowest BCUT2D eigenvalue weighted by Crippen LogP contribution is -2.43. The maximum atomic E-state index is 12.6. The first-order valence-corrected chi connectivity index (χ1v) is 23.7. The lowest BCUT2D eigenvalue weighted by atomic mass is 9.87. The van der Waals surface area contributed by atoms with Gasteiger partial charge in [-0.1, -0.05) is 126 Å². The average Bonchev–Trinajstić information content (AvgIpc) is 3.20. The summed E-state index contributed by atoms with van der Waals surface area (Å²) in [5.74, 6) is -1.40. The van der Waals surface area contributed by atoms with Gasteiger partial charge in [-0.2, -0.15) is 0 Å². The molecule has 2 unspecified atom stereocenters. The van der Waals surface area contributed by atoms with Crippen LogP contribution in [-0.2, 0) is 37.4 Å². The molecule has 0 spiro atoms. The van der Waals surface area contributed by atoms with Gasteiger partial charge in [0.1, 0.15) is 6.61 Å². The first-order valence-electron chi connectivity index (χ1n) is 22.2. The van der Waals surface area contributed by atoms with Crippen LogP contribution in [0, 0.1) is 5.92 Å². The molecule has 14 heteroatoms. The number of aliphatic hydroxyl groups is 3. The number of aliphatic hydroxyl groups excluding tert-OH is 3. The average molecular weight is 856 g/mol. The van der Waals surface area contributed by atoms with Crippen LogP contribution in [-0.4, -0.2) is 89.2 Å². The Bertz CT molecular complexity index is 1270. The maximum Gasteiger partial charge on any atom is 0.472 e. The third kappa shape index (κ3) is 31.1. The van der Waals surface area contributed by atoms with Crippen LogP contribution >= 0.6 is 7.82 Å². The van der Waals surface area contributed by atoms with Gasteiger partial charge in [-0.05, 0) is 64.2 Å². The van der Waals surface area contributed by atoms with E-state index in [1.54, 1.807) is 12.2 Å². The van der Waals surface area contributed by atoms with Gasteiger partial charge in [-0.15, -0.1) is 0 Å². The van der Waals surface area contributed by atoms with E-state index in [1.807, 2.05) is 24.3 Å². The van der Waals surface area contributed by atoms with E-state index in [-0.39, 0.29) is 44.9 Å². The Labute approximate surface area is 354 Å². The van der Waals surface area contributed by atoms with Crippen LogP contribution in [0.15, 0.2) is 60.8 Å². The molecule has 0 radical (unpaired) electrons. The number of allylic oxidation sites excluding steroid dienone is 8. The van der Waals surface area contributed by atoms with Crippen molar-refractivity contribution in [3.8, 4) is 0 Å². The molecule has 340 valence electrons. The summed E-state index contributed by atoms with van der Waals surface area (Å²) in [4.78, 5) is 35.1. The lowest BCUT2D eigenvalue weighted by molar-refractivity contribution is -0.199. The third-order valence-corrected chi connectivity index (χ3v) is 10.7. The van der Waals surface area contributed by atoms with E-state index < -0.39 is 57.1 Å². The first kappa shape index (κ1) is 54.6. The molecule has 7 atom stereocenters. The van der Waals surface area contributed by atoms with Crippen molar-refractivity contribution in [1.29, 1.82) is 0 Å². The molecule has 0 aromatic carbocycles. The van der Waals surface area contributed by atoms with E-state index in [2.05, 4.69) is 38.2 Å². The molecule has 0 saturated carbocycles. The number of ether oxygens (including phenoxy) is 3. The molecule has 0 aromatic heterocycles. The standard InChI is InChI=1S/C45H78NO12P/c1-3-5-7-8-9-10-11-12-13-14-15-16-17-18-19-20-26-30-44(50)57-39(37-56-59(52,53)55-34-33-46)36-54-43(49)29-25-22-21-24-28-40-41(48)35-45(51)58-42(40)32-31-38(47)27-23-6-4-2/h12-13,15-16,18-19,21,24,31-32,38-42,45,47-48,51H,3-11,14,17,20,22-23,25-30,33-37,46H2,1-2H3,(H,52,53)/b13-12-,16-15-,19-18-,24-21-,32-31+/t38-,39+,40-,41-,42+,45?/m0/s1. The predicted octanol–water partition coefficient (Wildman–Crippen LogP) is 8.60. The van der Waals surface area contributed by atoms with Gasteiger partial charge in [0.05, 0.1) is 31.5 Å². The van der Waals surface area contributed by atoms with E-state index in [0.717, 1.165) is 38.5 Å². The van der Waals surface area contributed by atoms with Gasteiger partial charge in [-0.3, -0.25) is 18.6 Å². The molecule has 0 amide bonds. The number of phosphoric ester groups is 1. The van der Waals surface area contributed by atoms with Gasteiger partial charge in [0, 0.05) is 31.7 Å². The van der Waals surface area contributed by atoms with Crippen molar-refractivity contribution < 1.29 is 57.6 Å². The quantitative estimate of drug-likeness (QED) is 0.0174. The summed E-state index contributed by atoms with van der Waals surface area (Å²) in [6.45, 7) is 3.23. The monoisotopic (exact) mass is 856 g/mol. The molecule has 0 aliphatic carbocycles. The fourth-order valence-electron chi connectivity index (χ4n) is 6.28. The van der Waals surface area contributed by atoms with Crippen LogP contribution in [0.1, 0.15) is 149 Å². The van der Waals surface area contributed by atoms with Crippen LogP contribution in [0.25, 0.3) is 0 Å². The number of unbranched alkanes of at least 4 members (excludes halogenated alkanes) is 10. The smallest absolute Gasteiger partial charge is 0.462 e. The van der Waals surface area contributed by atoms with Gasteiger partial charge in [0.15, 0.2) is 12.4 Å². The molecular formula is C45H78NO12P. The second-order valence-electron chi connectivity index (χ2n) is 15.1. The largest absolute Gasteiger partial charge is 0.472 e. The number of nitrogens with two attached hydrogens (primary N) is 1. The van der Waals surface area contributed by atoms with Crippen molar-refractivity contribution in [1.82, 2.24) is 0 Å². The molecule has 1 heterocycles. The van der Waals surface area contributed by atoms with Gasteiger partial charge >= 0.3 is 19.8 Å². The molecule has 1 aliphatic rings. The maximum absolute atomic E-state index is 12.6. The summed E-state index contributed by atoms with van der Waals surface area (Å²) < 4.78 is 38.3. The summed E-state index contributed by atoms with van der Waals surface area (Å²) in [7, 11) is -4.46. The minimum Gasteiger partial charge on any atom is -0.462 e. The highest BCUT2D eigenvalue weighted by atomic mass is 31.2. The van der Waals surface area contributed by atoms with E-state index in [1.165, 1.54) is 38.5 Å². The second kappa shape index (κ2) is 36.2. The molecule has 0 bridgehead atoms. The fraction of sp³-hybridized carbons (Fsp3) is 0.733. The number of rotatable bonds is 36. The molecule has 6 N–H and O–H groups in total. The summed E-state index contributed by atoms with van der Waals surface area (Å²) in [6.07, 6.45) is 33.1. The van der Waals surface area contributed by atoms with Crippen molar-refractivity contribution in [2.75, 3.05) is 26.4 Å². The number of hydrogen-bond acceptors (Lipinski definition) is 12. The summed E-state index contributed by atoms with van der Waals surface area (Å²) in [5, 5.41) is 30.9. The predicted molar refractivity (Wildman–Crippen MR) is 232 cm³/mol. The minimum absolute atomic E-state index is 0.00374. The second-order valence-corrected chi connectivity index (χ2v) is 16.5. The summed E-state index contributed by atoms with van der Waals surface area (Å²) in [5.41, 5.74) is 5.34. The van der Waals surface area contributed by atoms with Crippen molar-refractivity contribution in [2.24, 2.45) is 11.7 Å². The van der Waals surface area contributed by atoms with Crippen molar-refractivity contribution in [3.05, 3.63) is 60.8 Å². The van der Waals surface area contributed by atoms with Crippen LogP contribution in [0.5, 0.6) is 0 Å². The molecule has 59 heavy (non-hydrogen) atoms. The minimum atomic E-state index is -4.46. The number of carbonyl (C=O) groups excluding carboxylic acids is 2. The third-order valence-electron chi connectivity index (χ3n) is 9.67. The number of hydrogen-bond donors (Lipinski definition) is 5. The van der Waals surface area contributed by atoms with E-state index in [9.17, 15) is 34.4 Å². The zero-order chi connectivity index (χ0) is 43.4. The van der Waals surface area contributed by atoms with Gasteiger partial charge in [0.2, 0.25) is 0 Å². The first-order chi connectivity index (χ1) is 28.5. The van der Waals surface area contributed by atoms with Gasteiger partial charge in [0.25, 0.3) is 0 Å². The Balaban J connectivity index is 2.47. The number of esters is 2. The molecule has 13 nitrogen and oxygen atoms in total. The topological polar surface area (TPSA) is 204 Å². The lowest BCUT2D eigenvalue weighted by Gasteiger charge is -2.36. The molecule has 1 rings (SSSR count). The Kier molecular flexibility index (Phi) is 33.5. The van der Waals surface area contributed by atoms with Crippen LogP contribution < -0.4 is 5.73 Å². The Morgan fingerprint density at radius 3 is 2.05 bits per heavy atom. The van der Waals surface area contributed by atoms with Crippen LogP contribution in [0.3, 0.4) is 0 Å². The number of carbonyl (C=O) groups is 2. The normalized spacial score (nSPS) is 20.9. The molecule has 0 aromatic rings. The zero-order valence-electron chi connectivity index (χ0n) is 36.0. The van der Waals surface area contributed by atoms with E-state index >= 15 is 0 Å². The molecular weight excluding hydrogens is 777 g/mol. The van der Waals surface area contributed by atoms with Crippen LogP contribution in [0.2, 0.25) is 0 Å². The van der Waals surface area contributed by atoms with Gasteiger partial charge in [-0.25, -0.2) is 4.57 Å². The Hall–Kier alpha value is -2.45. The number of phosphoric acid groups is 1. The van der Waals surface area contributed by atoms with Crippen molar-refractivity contribution in [2.45, 2.75) is 179 Å². The SMILES string of the molecule is CCCCCCCC/C=C\C/C=C\C/C=C\CCCC(=O)O[C@H](COC(=O)CCC/C=C\C[C@H]1[C@@H](O)CC(O)O[C@@H]1/C=C/[C@@H](O)CCCCC)COP(=O)(O)OCCN. The van der Waals surface area contributed by atoms with E-state index in [4.69, 9.17) is 29.0 Å². The fourth-order valence-corrected chi connectivity index (χ4v) is 7.04. The van der Waals surface area contributed by atoms with Crippen LogP contribution in [0.4, 0.5) is 0 Å². The molecule has 1 aliphatic heterocycles. The summed E-state index contributed by atoms with van der Waals surface area (Å²) >= 11 is 0. The van der Waals surface area contributed by atoms with Crippen molar-refractivity contribution in [3.63, 3.8) is 0 Å². The Morgan fingerprint density at radius 2 is 1.37 bits per heavy atom. The van der Waals surface area contributed by atoms with Gasteiger partial charge < -0.3 is 40.2 Å². The van der Waals surface area contributed by atoms with Crippen molar-refractivity contribution >= 4 is 19.8 Å². The highest BCUT2D eigenvalue weighted by molar-refractivity contribution is 7.47. The zero-order valence-corrected chi connectivity index (χ0v) is 36.9. The molecule has 1 saturated heterocycles. The Morgan fingerprint density at radius 1 is 0.780 bits per heavy atom. The highest BCUT2D eigenvalue weighted by Gasteiger charge is 2.35. The molecule has 1 fully saturated rings. The van der Waals surface area contributed by atoms with E-state index in [0.29, 0.717) is 38.5 Å².